The first-order valence-corrected chi connectivity index (χ1v) is 8.47. The number of amides is 1. The number of carbonyl (C=O) groups excluding carboxylic acids is 1. The monoisotopic (exact) mass is 317 g/mol. The van der Waals surface area contributed by atoms with Crippen LogP contribution in [0, 0.1) is 0 Å². The molecule has 0 aromatic carbocycles. The number of nitrogens with one attached hydrogen (secondary N) is 1. The number of hydrogen-bond donors (Lipinski definition) is 1. The van der Waals surface area contributed by atoms with Crippen LogP contribution in [-0.2, 0) is 0 Å². The molecular formula is C15H15N3O3S. The molecule has 1 N–H and O–H groups in total. The minimum atomic E-state index is -1.91. The van der Waals surface area contributed by atoms with Crippen molar-refractivity contribution in [2.75, 3.05) is 13.2 Å². The van der Waals surface area contributed by atoms with Crippen molar-refractivity contribution in [2.45, 2.75) is 5.03 Å². The fraction of sp³-hybridized carbons (Fsp3) is 0.133. The van der Waals surface area contributed by atoms with Crippen molar-refractivity contribution in [3.63, 3.8) is 0 Å². The molecule has 0 bridgehead atoms. The summed E-state index contributed by atoms with van der Waals surface area (Å²) in [7, 11) is -1.91. The van der Waals surface area contributed by atoms with E-state index in [9.17, 15) is 4.79 Å². The maximum Gasteiger partial charge on any atom is 0.274 e. The highest BCUT2D eigenvalue weighted by Crippen LogP contribution is 2.60. The molecule has 1 aliphatic heterocycles. The summed E-state index contributed by atoms with van der Waals surface area (Å²) in [6.45, 7) is 0.744. The largest absolute Gasteiger partial charge is 0.476 e. The average Bonchev–Trinajstić information content (AvgIpc) is 3.23. The Bertz CT molecular complexity index is 671. The van der Waals surface area contributed by atoms with Crippen LogP contribution in [0.2, 0.25) is 0 Å². The highest BCUT2D eigenvalue weighted by atomic mass is 32.3. The lowest BCUT2D eigenvalue weighted by atomic mass is 10.5. The molecule has 2 aromatic rings. The van der Waals surface area contributed by atoms with Crippen LogP contribution in [0.25, 0.3) is 0 Å². The van der Waals surface area contributed by atoms with Gasteiger partial charge in [0.2, 0.25) is 5.88 Å². The predicted molar refractivity (Wildman–Crippen MR) is 83.8 cm³/mol. The summed E-state index contributed by atoms with van der Waals surface area (Å²) >= 11 is 0. The van der Waals surface area contributed by atoms with E-state index < -0.39 is 10.0 Å². The molecule has 1 amide bonds. The number of rotatable bonds is 5. The maximum atomic E-state index is 12.5. The van der Waals surface area contributed by atoms with Gasteiger partial charge in [0.25, 0.3) is 5.24 Å². The third-order valence-electron chi connectivity index (χ3n) is 3.02. The molecule has 3 heterocycles. The van der Waals surface area contributed by atoms with Gasteiger partial charge in [-0.15, -0.1) is 0 Å². The van der Waals surface area contributed by atoms with E-state index in [0.717, 1.165) is 0 Å². The van der Waals surface area contributed by atoms with E-state index in [1.54, 1.807) is 18.3 Å². The van der Waals surface area contributed by atoms with Crippen LogP contribution in [-0.4, -0.2) is 28.5 Å². The Balaban J connectivity index is 1.57. The molecule has 6 nitrogen and oxygen atoms in total. The first kappa shape index (κ1) is 14.4. The fourth-order valence-corrected chi connectivity index (χ4v) is 4.25. The van der Waals surface area contributed by atoms with Gasteiger partial charge in [0, 0.05) is 18.3 Å². The van der Waals surface area contributed by atoms with Crippen molar-refractivity contribution in [1.29, 1.82) is 0 Å². The second kappa shape index (κ2) is 6.48. The van der Waals surface area contributed by atoms with E-state index in [1.165, 1.54) is 6.26 Å². The fourth-order valence-electron chi connectivity index (χ4n) is 1.98. The highest BCUT2D eigenvalue weighted by Gasteiger charge is 2.33. The molecule has 0 radical (unpaired) electrons. The maximum absolute atomic E-state index is 12.5. The molecule has 3 rings (SSSR count). The molecular weight excluding hydrogens is 302 g/mol. The lowest BCUT2D eigenvalue weighted by Crippen LogP contribution is -2.29. The van der Waals surface area contributed by atoms with Crippen LogP contribution in [0.1, 0.15) is 0 Å². The molecule has 0 spiro atoms. The second-order valence-corrected chi connectivity index (χ2v) is 7.19. The molecule has 0 aliphatic carbocycles. The average molecular weight is 317 g/mol. The second-order valence-electron chi connectivity index (χ2n) is 4.43. The molecule has 114 valence electrons. The summed E-state index contributed by atoms with van der Waals surface area (Å²) in [6.07, 6.45) is 6.84. The van der Waals surface area contributed by atoms with E-state index in [4.69, 9.17) is 9.26 Å². The van der Waals surface area contributed by atoms with E-state index in [0.29, 0.717) is 24.1 Å². The van der Waals surface area contributed by atoms with Gasteiger partial charge < -0.3 is 14.6 Å². The van der Waals surface area contributed by atoms with Crippen molar-refractivity contribution >= 4 is 15.3 Å². The first-order valence-electron chi connectivity index (χ1n) is 6.71. The Morgan fingerprint density at radius 1 is 1.27 bits per heavy atom. The van der Waals surface area contributed by atoms with E-state index in [1.807, 2.05) is 35.1 Å². The zero-order valence-electron chi connectivity index (χ0n) is 11.7. The Hall–Kier alpha value is -2.54. The van der Waals surface area contributed by atoms with Gasteiger partial charge in [-0.1, -0.05) is 33.4 Å². The van der Waals surface area contributed by atoms with Gasteiger partial charge in [-0.05, 0) is 16.9 Å². The topological polar surface area (TPSA) is 77.2 Å². The van der Waals surface area contributed by atoms with Crippen LogP contribution in [0.4, 0.5) is 4.79 Å². The summed E-state index contributed by atoms with van der Waals surface area (Å²) in [5.74, 6) is 0.538. The van der Waals surface area contributed by atoms with Crippen molar-refractivity contribution < 1.29 is 14.1 Å². The predicted octanol–water partition coefficient (Wildman–Crippen LogP) is 3.06. The molecule has 1 aliphatic rings. The molecule has 22 heavy (non-hydrogen) atoms. The van der Waals surface area contributed by atoms with Crippen LogP contribution < -0.4 is 10.1 Å². The number of allylic oxidation sites excluding steroid dienone is 2. The normalized spacial score (nSPS) is 16.4. The van der Waals surface area contributed by atoms with Crippen LogP contribution >= 0.6 is 10.0 Å². The number of nitrogens with zero attached hydrogens (tertiary/aromatic N) is 2. The molecule has 0 saturated carbocycles. The molecule has 0 unspecified atom stereocenters. The van der Waals surface area contributed by atoms with Gasteiger partial charge in [0.1, 0.15) is 17.9 Å². The zero-order chi connectivity index (χ0) is 15.3. The molecule has 0 saturated heterocycles. The van der Waals surface area contributed by atoms with Gasteiger partial charge in [0.05, 0.1) is 6.54 Å². The molecule has 0 atom stereocenters. The van der Waals surface area contributed by atoms with Crippen LogP contribution in [0.15, 0.2) is 69.2 Å². The third-order valence-corrected chi connectivity index (χ3v) is 5.86. The van der Waals surface area contributed by atoms with Gasteiger partial charge in [-0.2, -0.15) is 0 Å². The SMILES string of the molecule is O=C(NCCOc1ccccn1)S1(c2ccon2)C=CC=C1. The van der Waals surface area contributed by atoms with E-state index in [-0.39, 0.29) is 5.24 Å². The molecule has 7 heteroatoms. The summed E-state index contributed by atoms with van der Waals surface area (Å²) in [5.41, 5.74) is 0. The van der Waals surface area contributed by atoms with Crippen molar-refractivity contribution in [3.05, 3.63) is 59.7 Å². The van der Waals surface area contributed by atoms with Gasteiger partial charge in [-0.25, -0.2) is 4.98 Å². The van der Waals surface area contributed by atoms with Gasteiger partial charge >= 0.3 is 0 Å². The van der Waals surface area contributed by atoms with Crippen LogP contribution in [0.5, 0.6) is 5.88 Å². The Morgan fingerprint density at radius 2 is 2.14 bits per heavy atom. The number of hydrogen-bond acceptors (Lipinski definition) is 5. The smallest absolute Gasteiger partial charge is 0.274 e. The number of aromatic nitrogens is 2. The van der Waals surface area contributed by atoms with Crippen molar-refractivity contribution in [3.8, 4) is 5.88 Å². The number of pyridine rings is 1. The van der Waals surface area contributed by atoms with E-state index >= 15 is 0 Å². The standard InChI is InChI=1S/C15H15N3O3S/c19-15(17-8-10-20-13-5-1-2-7-16-13)22(11-3-4-12-22)14-6-9-21-18-14/h1-7,9,11-12H,8,10H2,(H,17,19). The summed E-state index contributed by atoms with van der Waals surface area (Å²) in [6, 6.07) is 7.16. The van der Waals surface area contributed by atoms with Crippen LogP contribution in [0.3, 0.4) is 0 Å². The Kier molecular flexibility index (Phi) is 4.24. The Morgan fingerprint density at radius 3 is 2.82 bits per heavy atom. The summed E-state index contributed by atoms with van der Waals surface area (Å²) in [4.78, 5) is 16.6. The lowest BCUT2D eigenvalue weighted by molar-refractivity contribution is 0.254. The summed E-state index contributed by atoms with van der Waals surface area (Å²) in [5, 5.41) is 11.1. The molecule has 2 aromatic heterocycles. The number of carbonyl (C=O) groups is 1. The van der Waals surface area contributed by atoms with Crippen molar-refractivity contribution in [1.82, 2.24) is 15.5 Å². The third kappa shape index (κ3) is 2.89. The number of ether oxygens (including phenoxy) is 1. The van der Waals surface area contributed by atoms with E-state index in [2.05, 4.69) is 15.5 Å². The summed E-state index contributed by atoms with van der Waals surface area (Å²) < 4.78 is 10.3. The first-order chi connectivity index (χ1) is 10.8. The quantitative estimate of drug-likeness (QED) is 0.858. The lowest BCUT2D eigenvalue weighted by Gasteiger charge is -2.26. The molecule has 0 fully saturated rings. The highest BCUT2D eigenvalue weighted by molar-refractivity contribution is 8.49. The minimum Gasteiger partial charge on any atom is -0.476 e. The van der Waals surface area contributed by atoms with Gasteiger partial charge in [-0.3, -0.25) is 4.79 Å². The minimum absolute atomic E-state index is 0.0870. The zero-order valence-corrected chi connectivity index (χ0v) is 12.5. The Labute approximate surface area is 129 Å². The van der Waals surface area contributed by atoms with Crippen molar-refractivity contribution in [2.24, 2.45) is 0 Å². The van der Waals surface area contributed by atoms with Gasteiger partial charge in [0.15, 0.2) is 0 Å².